The summed E-state index contributed by atoms with van der Waals surface area (Å²) in [5.41, 5.74) is 2.10. The van der Waals surface area contributed by atoms with Gasteiger partial charge in [-0.25, -0.2) is 9.78 Å². The average molecular weight is 471 g/mol. The van der Waals surface area contributed by atoms with Crippen molar-refractivity contribution in [3.63, 3.8) is 0 Å². The molecule has 1 aliphatic rings. The second-order valence-corrected chi connectivity index (χ2v) is 8.33. The van der Waals surface area contributed by atoms with Crippen LogP contribution in [0.25, 0.3) is 10.6 Å². The summed E-state index contributed by atoms with van der Waals surface area (Å²) in [6, 6.07) is 11.8. The van der Waals surface area contributed by atoms with Crippen LogP contribution in [-0.2, 0) is 16.1 Å². The molecule has 0 N–H and O–H groups in total. The number of imide groups is 1. The number of amides is 2. The fourth-order valence-corrected chi connectivity index (χ4v) is 4.47. The van der Waals surface area contributed by atoms with E-state index >= 15 is 0 Å². The third kappa shape index (κ3) is 4.43. The van der Waals surface area contributed by atoms with Gasteiger partial charge in [0.25, 0.3) is 11.8 Å². The summed E-state index contributed by atoms with van der Waals surface area (Å²) in [5, 5.41) is 3.13. The molecule has 7 nitrogen and oxygen atoms in total. The second kappa shape index (κ2) is 9.60. The zero-order valence-electron chi connectivity index (χ0n) is 17.2. The average Bonchev–Trinajstić information content (AvgIpc) is 3.36. The van der Waals surface area contributed by atoms with E-state index in [-0.39, 0.29) is 35.7 Å². The minimum atomic E-state index is -0.599. The molecule has 1 aromatic heterocycles. The molecule has 9 heteroatoms. The molecule has 1 aliphatic heterocycles. The van der Waals surface area contributed by atoms with Gasteiger partial charge in [0, 0.05) is 31.2 Å². The van der Waals surface area contributed by atoms with Gasteiger partial charge < -0.3 is 9.47 Å². The maximum Gasteiger partial charge on any atom is 0.338 e. The zero-order chi connectivity index (χ0) is 22.7. The molecule has 0 unspecified atom stereocenters. The molecule has 164 valence electrons. The van der Waals surface area contributed by atoms with E-state index < -0.39 is 11.9 Å². The normalized spacial score (nSPS) is 12.9. The van der Waals surface area contributed by atoms with Crippen LogP contribution in [0.2, 0.25) is 5.02 Å². The number of halogens is 1. The summed E-state index contributed by atoms with van der Waals surface area (Å²) in [6.07, 6.45) is 0.542. The molecule has 2 heterocycles. The molecule has 4 rings (SSSR count). The molecule has 0 saturated carbocycles. The number of rotatable bonds is 8. The Bertz CT molecular complexity index is 1190. The topological polar surface area (TPSA) is 85.8 Å². The Morgan fingerprint density at radius 3 is 2.66 bits per heavy atom. The quantitative estimate of drug-likeness (QED) is 0.274. The van der Waals surface area contributed by atoms with E-state index in [1.807, 2.05) is 18.2 Å². The molecule has 2 amide bonds. The van der Waals surface area contributed by atoms with Crippen LogP contribution in [0.5, 0.6) is 0 Å². The summed E-state index contributed by atoms with van der Waals surface area (Å²) in [7, 11) is 1.56. The first kappa shape index (κ1) is 22.1. The van der Waals surface area contributed by atoms with Crippen molar-refractivity contribution in [3.05, 3.63) is 75.3 Å². The largest absolute Gasteiger partial charge is 0.456 e. The van der Waals surface area contributed by atoms with Crippen LogP contribution < -0.4 is 0 Å². The summed E-state index contributed by atoms with van der Waals surface area (Å²) in [5.74, 6) is -1.38. The smallest absolute Gasteiger partial charge is 0.338 e. The molecular formula is C23H19ClN2O5S. The Kier molecular flexibility index (Phi) is 6.64. The van der Waals surface area contributed by atoms with E-state index in [1.165, 1.54) is 34.4 Å². The summed E-state index contributed by atoms with van der Waals surface area (Å²) in [4.78, 5) is 43.3. The van der Waals surface area contributed by atoms with Gasteiger partial charge in [-0.3, -0.25) is 14.5 Å². The van der Waals surface area contributed by atoms with E-state index in [0.717, 1.165) is 10.6 Å². The standard InChI is InChI=1S/C23H19ClN2O5S/c1-30-10-4-9-26-21(27)16-8-7-14(11-18(16)22(26)28)23(29)31-12-15-13-32-20(25-15)17-5-2-3-6-19(17)24/h2-3,5-8,11,13H,4,9-10,12H2,1H3. The lowest BCUT2D eigenvalue weighted by Crippen LogP contribution is -2.31. The number of esters is 1. The van der Waals surface area contributed by atoms with Gasteiger partial charge in [0.05, 0.1) is 27.4 Å². The van der Waals surface area contributed by atoms with Crippen LogP contribution in [0.4, 0.5) is 0 Å². The Labute approximate surface area is 193 Å². The lowest BCUT2D eigenvalue weighted by molar-refractivity contribution is 0.0468. The van der Waals surface area contributed by atoms with E-state index in [9.17, 15) is 14.4 Å². The van der Waals surface area contributed by atoms with Crippen molar-refractivity contribution in [1.29, 1.82) is 0 Å². The predicted octanol–water partition coefficient (Wildman–Crippen LogP) is 4.45. The molecule has 3 aromatic rings. The van der Waals surface area contributed by atoms with Crippen LogP contribution in [0.15, 0.2) is 47.8 Å². The molecule has 2 aromatic carbocycles. The fourth-order valence-electron chi connectivity index (χ4n) is 3.34. The van der Waals surface area contributed by atoms with Crippen molar-refractivity contribution < 1.29 is 23.9 Å². The Hall–Kier alpha value is -3.07. The van der Waals surface area contributed by atoms with Crippen molar-refractivity contribution in [2.24, 2.45) is 0 Å². The first-order chi connectivity index (χ1) is 15.5. The van der Waals surface area contributed by atoms with Gasteiger partial charge in [-0.05, 0) is 30.7 Å². The number of thiazole rings is 1. The van der Waals surface area contributed by atoms with Crippen molar-refractivity contribution in [3.8, 4) is 10.6 Å². The maximum absolute atomic E-state index is 12.6. The fraction of sp³-hybridized carbons (Fsp3) is 0.217. The molecule has 0 radical (unpaired) electrons. The number of fused-ring (bicyclic) bond motifs is 1. The lowest BCUT2D eigenvalue weighted by Gasteiger charge is -2.12. The van der Waals surface area contributed by atoms with Gasteiger partial charge in [0.15, 0.2) is 0 Å². The third-order valence-electron chi connectivity index (χ3n) is 4.94. The number of aromatic nitrogens is 1. The molecule has 0 atom stereocenters. The monoisotopic (exact) mass is 470 g/mol. The van der Waals surface area contributed by atoms with E-state index in [2.05, 4.69) is 4.98 Å². The molecule has 0 fully saturated rings. The lowest BCUT2D eigenvalue weighted by atomic mass is 10.1. The predicted molar refractivity (Wildman–Crippen MR) is 120 cm³/mol. The maximum atomic E-state index is 12.6. The van der Waals surface area contributed by atoms with Gasteiger partial charge in [-0.1, -0.05) is 29.8 Å². The van der Waals surface area contributed by atoms with Crippen LogP contribution in [0, 0.1) is 0 Å². The van der Waals surface area contributed by atoms with E-state index in [0.29, 0.717) is 23.7 Å². The number of nitrogens with zero attached hydrogens (tertiary/aromatic N) is 2. The summed E-state index contributed by atoms with van der Waals surface area (Å²) in [6.45, 7) is 0.685. The third-order valence-corrected chi connectivity index (χ3v) is 6.20. The zero-order valence-corrected chi connectivity index (χ0v) is 18.7. The minimum absolute atomic E-state index is 0.0209. The number of hydrogen-bond acceptors (Lipinski definition) is 7. The number of benzene rings is 2. The van der Waals surface area contributed by atoms with E-state index in [4.69, 9.17) is 21.1 Å². The molecule has 0 aliphatic carbocycles. The van der Waals surface area contributed by atoms with Gasteiger partial charge in [-0.15, -0.1) is 11.3 Å². The van der Waals surface area contributed by atoms with Crippen molar-refractivity contribution in [2.45, 2.75) is 13.0 Å². The van der Waals surface area contributed by atoms with Gasteiger partial charge in [0.1, 0.15) is 11.6 Å². The highest BCUT2D eigenvalue weighted by atomic mass is 35.5. The molecule has 0 saturated heterocycles. The number of hydrogen-bond donors (Lipinski definition) is 0. The molecule has 32 heavy (non-hydrogen) atoms. The van der Waals surface area contributed by atoms with E-state index in [1.54, 1.807) is 18.6 Å². The number of carbonyl (C=O) groups is 3. The first-order valence-corrected chi connectivity index (χ1v) is 11.1. The second-order valence-electron chi connectivity index (χ2n) is 7.07. The summed E-state index contributed by atoms with van der Waals surface area (Å²) >= 11 is 7.62. The highest BCUT2D eigenvalue weighted by Crippen LogP contribution is 2.30. The molecular weight excluding hydrogens is 452 g/mol. The van der Waals surface area contributed by atoms with Crippen LogP contribution in [0.1, 0.15) is 43.2 Å². The number of carbonyl (C=O) groups excluding carboxylic acids is 3. The minimum Gasteiger partial charge on any atom is -0.456 e. The SMILES string of the molecule is COCCCN1C(=O)c2ccc(C(=O)OCc3csc(-c4ccccc4Cl)n3)cc2C1=O. The number of methoxy groups -OCH3 is 1. The van der Waals surface area contributed by atoms with Crippen molar-refractivity contribution >= 4 is 40.7 Å². The highest BCUT2D eigenvalue weighted by molar-refractivity contribution is 7.13. The molecule has 0 bridgehead atoms. The van der Waals surface area contributed by atoms with Gasteiger partial charge >= 0.3 is 5.97 Å². The first-order valence-electron chi connectivity index (χ1n) is 9.85. The van der Waals surface area contributed by atoms with Gasteiger partial charge in [-0.2, -0.15) is 0 Å². The Morgan fingerprint density at radius 2 is 1.88 bits per heavy atom. The molecule has 0 spiro atoms. The van der Waals surface area contributed by atoms with Crippen LogP contribution in [-0.4, -0.2) is 47.9 Å². The Morgan fingerprint density at radius 1 is 1.09 bits per heavy atom. The Balaban J connectivity index is 1.42. The highest BCUT2D eigenvalue weighted by Gasteiger charge is 2.35. The summed E-state index contributed by atoms with van der Waals surface area (Å²) < 4.78 is 10.3. The van der Waals surface area contributed by atoms with Crippen LogP contribution in [0.3, 0.4) is 0 Å². The van der Waals surface area contributed by atoms with Gasteiger partial charge in [0.2, 0.25) is 0 Å². The number of ether oxygens (including phenoxy) is 2. The van der Waals surface area contributed by atoms with Crippen molar-refractivity contribution in [1.82, 2.24) is 9.88 Å². The van der Waals surface area contributed by atoms with Crippen LogP contribution >= 0.6 is 22.9 Å². The van der Waals surface area contributed by atoms with Crippen molar-refractivity contribution in [2.75, 3.05) is 20.3 Å².